The van der Waals surface area contributed by atoms with Gasteiger partial charge in [0, 0.05) is 12.1 Å². The molecular weight excluding hydrogens is 201 g/mol. The molecule has 0 aliphatic heterocycles. The van der Waals surface area contributed by atoms with Gasteiger partial charge in [-0.2, -0.15) is 0 Å². The minimum absolute atomic E-state index is 0.158. The molecular formula is C14H18FN. The summed E-state index contributed by atoms with van der Waals surface area (Å²) in [6.07, 6.45) is 7.86. The lowest BCUT2D eigenvalue weighted by Crippen LogP contribution is -2.32. The van der Waals surface area contributed by atoms with Crippen molar-refractivity contribution in [1.29, 1.82) is 0 Å². The molecule has 86 valence electrons. The van der Waals surface area contributed by atoms with Crippen LogP contribution < -0.4 is 5.32 Å². The molecule has 0 fully saturated rings. The summed E-state index contributed by atoms with van der Waals surface area (Å²) in [4.78, 5) is 0. The maximum atomic E-state index is 13.1. The fourth-order valence-corrected chi connectivity index (χ4v) is 2.17. The second-order valence-corrected chi connectivity index (χ2v) is 4.42. The van der Waals surface area contributed by atoms with Gasteiger partial charge in [-0.3, -0.25) is 0 Å². The number of rotatable bonds is 3. The summed E-state index contributed by atoms with van der Waals surface area (Å²) in [5.41, 5.74) is 1.02. The van der Waals surface area contributed by atoms with Crippen molar-refractivity contribution in [3.63, 3.8) is 0 Å². The van der Waals surface area contributed by atoms with E-state index in [2.05, 4.69) is 24.4 Å². The fraction of sp³-hybridized carbons (Fsp3) is 0.429. The van der Waals surface area contributed by atoms with E-state index in [1.165, 1.54) is 12.5 Å². The molecule has 1 aliphatic carbocycles. The zero-order valence-electron chi connectivity index (χ0n) is 9.62. The summed E-state index contributed by atoms with van der Waals surface area (Å²) in [7, 11) is 0. The Labute approximate surface area is 96.4 Å². The van der Waals surface area contributed by atoms with Crippen LogP contribution in [0.2, 0.25) is 0 Å². The monoisotopic (exact) mass is 219 g/mol. The lowest BCUT2D eigenvalue weighted by Gasteiger charge is -2.24. The van der Waals surface area contributed by atoms with Gasteiger partial charge in [-0.15, -0.1) is 0 Å². The summed E-state index contributed by atoms with van der Waals surface area (Å²) in [6, 6.07) is 7.58. The molecule has 16 heavy (non-hydrogen) atoms. The fourth-order valence-electron chi connectivity index (χ4n) is 2.17. The molecule has 0 heterocycles. The van der Waals surface area contributed by atoms with Gasteiger partial charge in [-0.1, -0.05) is 24.3 Å². The van der Waals surface area contributed by atoms with Crippen LogP contribution in [-0.4, -0.2) is 6.04 Å². The Morgan fingerprint density at radius 1 is 1.38 bits per heavy atom. The second-order valence-electron chi connectivity index (χ2n) is 4.42. The number of allylic oxidation sites excluding steroid dienone is 1. The van der Waals surface area contributed by atoms with Crippen molar-refractivity contribution in [1.82, 2.24) is 5.32 Å². The molecule has 2 heteroatoms. The number of hydrogen-bond donors (Lipinski definition) is 1. The SMILES string of the molecule is CC(NC1CC=CCC1)c1cccc(F)c1. The van der Waals surface area contributed by atoms with Gasteiger partial charge in [0.25, 0.3) is 0 Å². The third-order valence-electron chi connectivity index (χ3n) is 3.10. The zero-order chi connectivity index (χ0) is 11.4. The van der Waals surface area contributed by atoms with Crippen LogP contribution in [0.1, 0.15) is 37.8 Å². The number of benzene rings is 1. The van der Waals surface area contributed by atoms with Crippen molar-refractivity contribution in [3.05, 3.63) is 47.8 Å². The van der Waals surface area contributed by atoms with E-state index in [1.54, 1.807) is 12.1 Å². The van der Waals surface area contributed by atoms with Gasteiger partial charge in [0.1, 0.15) is 5.82 Å². The second kappa shape index (κ2) is 5.26. The molecule has 0 saturated heterocycles. The van der Waals surface area contributed by atoms with Crippen LogP contribution in [-0.2, 0) is 0 Å². The normalized spacial score (nSPS) is 22.0. The van der Waals surface area contributed by atoms with Crippen LogP contribution in [0.3, 0.4) is 0 Å². The molecule has 2 unspecified atom stereocenters. The lowest BCUT2D eigenvalue weighted by molar-refractivity contribution is 0.425. The summed E-state index contributed by atoms with van der Waals surface area (Å²) in [6.45, 7) is 2.09. The van der Waals surface area contributed by atoms with Crippen molar-refractivity contribution in [2.75, 3.05) is 0 Å². The van der Waals surface area contributed by atoms with Gasteiger partial charge in [0.15, 0.2) is 0 Å². The van der Waals surface area contributed by atoms with E-state index in [-0.39, 0.29) is 11.9 Å². The van der Waals surface area contributed by atoms with E-state index in [0.29, 0.717) is 6.04 Å². The Hall–Kier alpha value is -1.15. The first kappa shape index (κ1) is 11.3. The van der Waals surface area contributed by atoms with Gasteiger partial charge >= 0.3 is 0 Å². The zero-order valence-corrected chi connectivity index (χ0v) is 9.62. The van der Waals surface area contributed by atoms with Gasteiger partial charge in [-0.25, -0.2) is 4.39 Å². The van der Waals surface area contributed by atoms with Crippen molar-refractivity contribution in [2.24, 2.45) is 0 Å². The standard InChI is InChI=1S/C14H18FN/c1-11(12-6-5-7-13(15)10-12)16-14-8-3-2-4-9-14/h2-3,5-7,10-11,14,16H,4,8-9H2,1H3. The molecule has 0 bridgehead atoms. The van der Waals surface area contributed by atoms with Gasteiger partial charge in [0.2, 0.25) is 0 Å². The van der Waals surface area contributed by atoms with Crippen LogP contribution in [0, 0.1) is 5.82 Å². The average Bonchev–Trinajstić information content (AvgIpc) is 2.30. The van der Waals surface area contributed by atoms with Crippen LogP contribution in [0.25, 0.3) is 0 Å². The Balaban J connectivity index is 1.97. The van der Waals surface area contributed by atoms with Crippen molar-refractivity contribution in [2.45, 2.75) is 38.3 Å². The first-order valence-corrected chi connectivity index (χ1v) is 5.92. The molecule has 0 aromatic heterocycles. The third-order valence-corrected chi connectivity index (χ3v) is 3.10. The molecule has 2 atom stereocenters. The van der Waals surface area contributed by atoms with Crippen molar-refractivity contribution < 1.29 is 4.39 Å². The van der Waals surface area contributed by atoms with Gasteiger partial charge in [0.05, 0.1) is 0 Å². The number of hydrogen-bond acceptors (Lipinski definition) is 1. The Morgan fingerprint density at radius 3 is 2.94 bits per heavy atom. The van der Waals surface area contributed by atoms with Crippen LogP contribution in [0.15, 0.2) is 36.4 Å². The highest BCUT2D eigenvalue weighted by Gasteiger charge is 2.13. The van der Waals surface area contributed by atoms with E-state index in [4.69, 9.17) is 0 Å². The first-order valence-electron chi connectivity index (χ1n) is 5.92. The molecule has 1 aliphatic rings. The van der Waals surface area contributed by atoms with Gasteiger partial charge in [-0.05, 0) is 43.9 Å². The molecule has 0 spiro atoms. The molecule has 0 radical (unpaired) electrons. The molecule has 1 aromatic carbocycles. The molecule has 1 nitrogen and oxygen atoms in total. The Morgan fingerprint density at radius 2 is 2.25 bits per heavy atom. The predicted octanol–water partition coefficient (Wildman–Crippen LogP) is 3.59. The third kappa shape index (κ3) is 2.92. The van der Waals surface area contributed by atoms with E-state index in [1.807, 2.05) is 6.07 Å². The molecule has 1 N–H and O–H groups in total. The highest BCUT2D eigenvalue weighted by molar-refractivity contribution is 5.19. The molecule has 0 saturated carbocycles. The summed E-state index contributed by atoms with van der Waals surface area (Å²) >= 11 is 0. The van der Waals surface area contributed by atoms with E-state index < -0.39 is 0 Å². The number of halogens is 1. The minimum atomic E-state index is -0.158. The maximum absolute atomic E-state index is 13.1. The molecule has 1 aromatic rings. The van der Waals surface area contributed by atoms with Crippen LogP contribution in [0.4, 0.5) is 4.39 Å². The predicted molar refractivity (Wildman–Crippen MR) is 64.7 cm³/mol. The lowest BCUT2D eigenvalue weighted by atomic mass is 9.99. The smallest absolute Gasteiger partial charge is 0.123 e. The summed E-state index contributed by atoms with van der Waals surface area (Å²) in [5, 5.41) is 3.54. The topological polar surface area (TPSA) is 12.0 Å². The summed E-state index contributed by atoms with van der Waals surface area (Å²) in [5.74, 6) is -0.158. The molecule has 0 amide bonds. The average molecular weight is 219 g/mol. The Kier molecular flexibility index (Phi) is 3.73. The Bertz CT molecular complexity index is 373. The first-order chi connectivity index (χ1) is 7.75. The molecule has 2 rings (SSSR count). The van der Waals surface area contributed by atoms with Crippen LogP contribution in [0.5, 0.6) is 0 Å². The van der Waals surface area contributed by atoms with Gasteiger partial charge < -0.3 is 5.32 Å². The highest BCUT2D eigenvalue weighted by atomic mass is 19.1. The van der Waals surface area contributed by atoms with Crippen LogP contribution >= 0.6 is 0 Å². The van der Waals surface area contributed by atoms with Crippen molar-refractivity contribution in [3.8, 4) is 0 Å². The van der Waals surface area contributed by atoms with E-state index >= 15 is 0 Å². The van der Waals surface area contributed by atoms with Crippen molar-refractivity contribution >= 4 is 0 Å². The maximum Gasteiger partial charge on any atom is 0.123 e. The van der Waals surface area contributed by atoms with E-state index in [0.717, 1.165) is 18.4 Å². The minimum Gasteiger partial charge on any atom is -0.307 e. The highest BCUT2D eigenvalue weighted by Crippen LogP contribution is 2.18. The summed E-state index contributed by atoms with van der Waals surface area (Å²) < 4.78 is 13.1. The van der Waals surface area contributed by atoms with E-state index in [9.17, 15) is 4.39 Å². The number of nitrogens with one attached hydrogen (secondary N) is 1. The quantitative estimate of drug-likeness (QED) is 0.766. The largest absolute Gasteiger partial charge is 0.307 e.